The summed E-state index contributed by atoms with van der Waals surface area (Å²) in [5, 5.41) is 12.7. The Bertz CT molecular complexity index is 658. The minimum absolute atomic E-state index is 0.0547. The standard InChI is InChI=1S/C16H20N2O4/c1-3-21-14-9-11-12(17-8-6-16(19)20)5-7-18-13(11)10-15(14)22-4-2/h5,7,9-10H,3-4,6,8H2,1-2H3,(H,17,18)(H,19,20). The van der Waals surface area contributed by atoms with Gasteiger partial charge in [0.1, 0.15) is 0 Å². The summed E-state index contributed by atoms with van der Waals surface area (Å²) in [4.78, 5) is 15.0. The molecular weight excluding hydrogens is 284 g/mol. The van der Waals surface area contributed by atoms with E-state index in [0.717, 1.165) is 16.6 Å². The van der Waals surface area contributed by atoms with E-state index in [0.29, 0.717) is 31.3 Å². The fourth-order valence-corrected chi connectivity index (χ4v) is 2.15. The molecule has 0 spiro atoms. The first-order valence-corrected chi connectivity index (χ1v) is 7.29. The number of carboxylic acids is 1. The summed E-state index contributed by atoms with van der Waals surface area (Å²) in [6, 6.07) is 5.53. The Balaban J connectivity index is 2.37. The van der Waals surface area contributed by atoms with Gasteiger partial charge in [0.15, 0.2) is 11.5 Å². The molecule has 6 nitrogen and oxygen atoms in total. The normalized spacial score (nSPS) is 10.5. The first-order valence-electron chi connectivity index (χ1n) is 7.29. The van der Waals surface area contributed by atoms with E-state index in [1.165, 1.54) is 0 Å². The number of rotatable bonds is 8. The Morgan fingerprint density at radius 1 is 1.23 bits per heavy atom. The van der Waals surface area contributed by atoms with Crippen LogP contribution in [0.1, 0.15) is 20.3 Å². The van der Waals surface area contributed by atoms with Crippen molar-refractivity contribution in [2.75, 3.05) is 25.1 Å². The maximum atomic E-state index is 10.6. The summed E-state index contributed by atoms with van der Waals surface area (Å²) in [5.41, 5.74) is 1.60. The highest BCUT2D eigenvalue weighted by molar-refractivity contribution is 5.93. The minimum Gasteiger partial charge on any atom is -0.490 e. The number of nitrogens with one attached hydrogen (secondary N) is 1. The summed E-state index contributed by atoms with van der Waals surface area (Å²) < 4.78 is 11.2. The van der Waals surface area contributed by atoms with E-state index < -0.39 is 5.97 Å². The van der Waals surface area contributed by atoms with Crippen LogP contribution in [-0.2, 0) is 4.79 Å². The van der Waals surface area contributed by atoms with Crippen LogP contribution in [0.15, 0.2) is 24.4 Å². The van der Waals surface area contributed by atoms with Crippen molar-refractivity contribution in [1.29, 1.82) is 0 Å². The van der Waals surface area contributed by atoms with E-state index in [4.69, 9.17) is 14.6 Å². The van der Waals surface area contributed by atoms with Gasteiger partial charge in [-0.25, -0.2) is 0 Å². The molecular formula is C16H20N2O4. The van der Waals surface area contributed by atoms with Crippen LogP contribution in [0.4, 0.5) is 5.69 Å². The number of aliphatic carboxylic acids is 1. The molecule has 2 N–H and O–H groups in total. The smallest absolute Gasteiger partial charge is 0.305 e. The molecule has 0 aliphatic heterocycles. The van der Waals surface area contributed by atoms with E-state index in [9.17, 15) is 4.79 Å². The Morgan fingerprint density at radius 3 is 2.55 bits per heavy atom. The minimum atomic E-state index is -0.834. The third-order valence-corrected chi connectivity index (χ3v) is 3.06. The van der Waals surface area contributed by atoms with Gasteiger partial charge in [-0.2, -0.15) is 0 Å². The van der Waals surface area contributed by atoms with Crippen molar-refractivity contribution < 1.29 is 19.4 Å². The molecule has 0 aliphatic carbocycles. The molecule has 0 fully saturated rings. The van der Waals surface area contributed by atoms with E-state index in [1.807, 2.05) is 32.0 Å². The largest absolute Gasteiger partial charge is 0.490 e. The highest BCUT2D eigenvalue weighted by Gasteiger charge is 2.11. The first kappa shape index (κ1) is 15.9. The molecule has 2 aromatic rings. The Labute approximate surface area is 129 Å². The number of hydrogen-bond donors (Lipinski definition) is 2. The molecule has 6 heteroatoms. The molecule has 1 aromatic heterocycles. The average Bonchev–Trinajstić information content (AvgIpc) is 2.48. The third kappa shape index (κ3) is 3.78. The van der Waals surface area contributed by atoms with Gasteiger partial charge in [-0.1, -0.05) is 0 Å². The lowest BCUT2D eigenvalue weighted by Crippen LogP contribution is -2.08. The first-order chi connectivity index (χ1) is 10.7. The van der Waals surface area contributed by atoms with Crippen LogP contribution >= 0.6 is 0 Å². The molecule has 0 radical (unpaired) electrons. The number of carboxylic acid groups (broad SMARTS) is 1. The van der Waals surface area contributed by atoms with Crippen LogP contribution in [0.3, 0.4) is 0 Å². The molecule has 118 valence electrons. The van der Waals surface area contributed by atoms with Crippen molar-refractivity contribution in [3.8, 4) is 11.5 Å². The fraction of sp³-hybridized carbons (Fsp3) is 0.375. The zero-order chi connectivity index (χ0) is 15.9. The van der Waals surface area contributed by atoms with E-state index >= 15 is 0 Å². The highest BCUT2D eigenvalue weighted by atomic mass is 16.5. The van der Waals surface area contributed by atoms with Crippen molar-refractivity contribution in [1.82, 2.24) is 4.98 Å². The van der Waals surface area contributed by atoms with Crippen LogP contribution in [-0.4, -0.2) is 35.8 Å². The molecule has 0 unspecified atom stereocenters. The van der Waals surface area contributed by atoms with Crippen molar-refractivity contribution in [3.63, 3.8) is 0 Å². The second-order valence-electron chi connectivity index (χ2n) is 4.61. The number of anilines is 1. The summed E-state index contributed by atoms with van der Waals surface area (Å²) in [7, 11) is 0. The van der Waals surface area contributed by atoms with E-state index in [1.54, 1.807) is 6.20 Å². The summed E-state index contributed by atoms with van der Waals surface area (Å²) in [6.07, 6.45) is 1.74. The molecule has 0 amide bonds. The van der Waals surface area contributed by atoms with Gasteiger partial charge in [-0.15, -0.1) is 0 Å². The lowest BCUT2D eigenvalue weighted by molar-refractivity contribution is -0.136. The zero-order valence-electron chi connectivity index (χ0n) is 12.8. The molecule has 0 aliphatic rings. The van der Waals surface area contributed by atoms with Gasteiger partial charge in [0, 0.05) is 29.9 Å². The van der Waals surface area contributed by atoms with Crippen molar-refractivity contribution in [2.45, 2.75) is 20.3 Å². The number of pyridine rings is 1. The topological polar surface area (TPSA) is 80.7 Å². The van der Waals surface area contributed by atoms with Crippen molar-refractivity contribution >= 4 is 22.6 Å². The molecule has 0 bridgehead atoms. The van der Waals surface area contributed by atoms with Crippen LogP contribution in [0.5, 0.6) is 11.5 Å². The maximum Gasteiger partial charge on any atom is 0.305 e. The van der Waals surface area contributed by atoms with Crippen LogP contribution in [0.2, 0.25) is 0 Å². The number of benzene rings is 1. The van der Waals surface area contributed by atoms with Crippen LogP contribution in [0, 0.1) is 0 Å². The lowest BCUT2D eigenvalue weighted by Gasteiger charge is -2.14. The molecule has 2 rings (SSSR count). The predicted molar refractivity (Wildman–Crippen MR) is 84.8 cm³/mol. The summed E-state index contributed by atoms with van der Waals surface area (Å²) >= 11 is 0. The monoisotopic (exact) mass is 304 g/mol. The quantitative estimate of drug-likeness (QED) is 0.780. The third-order valence-electron chi connectivity index (χ3n) is 3.06. The number of ether oxygens (including phenoxy) is 2. The second kappa shape index (κ2) is 7.49. The fourth-order valence-electron chi connectivity index (χ4n) is 2.15. The summed E-state index contributed by atoms with van der Waals surface area (Å²) in [6.45, 7) is 5.26. The molecule has 0 saturated carbocycles. The van der Waals surface area contributed by atoms with Crippen LogP contribution < -0.4 is 14.8 Å². The van der Waals surface area contributed by atoms with Gasteiger partial charge in [-0.3, -0.25) is 9.78 Å². The number of nitrogens with zero attached hydrogens (tertiary/aromatic N) is 1. The Hall–Kier alpha value is -2.50. The van der Waals surface area contributed by atoms with Gasteiger partial charge < -0.3 is 19.9 Å². The number of carbonyl (C=O) groups is 1. The zero-order valence-corrected chi connectivity index (χ0v) is 12.8. The molecule has 1 heterocycles. The Kier molecular flexibility index (Phi) is 5.41. The van der Waals surface area contributed by atoms with E-state index in [2.05, 4.69) is 10.3 Å². The molecule has 1 aromatic carbocycles. The van der Waals surface area contributed by atoms with Crippen LogP contribution in [0.25, 0.3) is 10.9 Å². The number of hydrogen-bond acceptors (Lipinski definition) is 5. The van der Waals surface area contributed by atoms with E-state index in [-0.39, 0.29) is 6.42 Å². The summed E-state index contributed by atoms with van der Waals surface area (Å²) in [5.74, 6) is 0.484. The number of fused-ring (bicyclic) bond motifs is 1. The van der Waals surface area contributed by atoms with Crippen molar-refractivity contribution in [2.24, 2.45) is 0 Å². The van der Waals surface area contributed by atoms with Gasteiger partial charge in [-0.05, 0) is 26.0 Å². The molecule has 0 atom stereocenters. The van der Waals surface area contributed by atoms with Gasteiger partial charge >= 0.3 is 5.97 Å². The number of aromatic nitrogens is 1. The average molecular weight is 304 g/mol. The van der Waals surface area contributed by atoms with Crippen molar-refractivity contribution in [3.05, 3.63) is 24.4 Å². The predicted octanol–water partition coefficient (Wildman–Crippen LogP) is 2.92. The SMILES string of the molecule is CCOc1cc2nccc(NCCC(=O)O)c2cc1OCC. The lowest BCUT2D eigenvalue weighted by atomic mass is 10.1. The van der Waals surface area contributed by atoms with Gasteiger partial charge in [0.2, 0.25) is 0 Å². The van der Waals surface area contributed by atoms with Gasteiger partial charge in [0.25, 0.3) is 0 Å². The second-order valence-corrected chi connectivity index (χ2v) is 4.61. The Morgan fingerprint density at radius 2 is 1.91 bits per heavy atom. The molecule has 0 saturated heterocycles. The van der Waals surface area contributed by atoms with Gasteiger partial charge in [0.05, 0.1) is 25.2 Å². The highest BCUT2D eigenvalue weighted by Crippen LogP contribution is 2.34. The maximum absolute atomic E-state index is 10.6. The molecule has 22 heavy (non-hydrogen) atoms.